The molecule has 0 saturated carbocycles. The van der Waals surface area contributed by atoms with Crippen LogP contribution in [0.2, 0.25) is 0 Å². The lowest BCUT2D eigenvalue weighted by Crippen LogP contribution is -2.56. The van der Waals surface area contributed by atoms with E-state index in [-0.39, 0.29) is 0 Å². The molecular weight excluding hydrogens is 238 g/mol. The van der Waals surface area contributed by atoms with Crippen molar-refractivity contribution in [1.29, 1.82) is 0 Å². The van der Waals surface area contributed by atoms with Crippen molar-refractivity contribution in [3.8, 4) is 0 Å². The number of hydrogen-bond donors (Lipinski definition) is 1. The third-order valence-electron chi connectivity index (χ3n) is 3.95. The van der Waals surface area contributed by atoms with Crippen LogP contribution in [0.25, 0.3) is 0 Å². The van der Waals surface area contributed by atoms with Crippen LogP contribution in [0.1, 0.15) is 13.3 Å². The number of nitrogens with one attached hydrogen (secondary N) is 1. The molecule has 0 amide bonds. The van der Waals surface area contributed by atoms with Crippen molar-refractivity contribution in [2.45, 2.75) is 19.4 Å². The number of sulfonamides is 1. The molecule has 0 bridgehead atoms. The van der Waals surface area contributed by atoms with Crippen molar-refractivity contribution in [2.75, 3.05) is 45.5 Å². The predicted molar refractivity (Wildman–Crippen MR) is 68.4 cm³/mol. The highest BCUT2D eigenvalue weighted by molar-refractivity contribution is 7.88. The summed E-state index contributed by atoms with van der Waals surface area (Å²) in [5.74, 6) is 0.661. The molecule has 0 aromatic carbocycles. The summed E-state index contributed by atoms with van der Waals surface area (Å²) in [6, 6.07) is 0.623. The molecule has 2 atom stereocenters. The van der Waals surface area contributed by atoms with Gasteiger partial charge >= 0.3 is 0 Å². The van der Waals surface area contributed by atoms with Gasteiger partial charge in [0.1, 0.15) is 0 Å². The number of rotatable bonds is 2. The minimum atomic E-state index is -3.00. The second-order valence-electron chi connectivity index (χ2n) is 5.24. The van der Waals surface area contributed by atoms with Gasteiger partial charge in [0.15, 0.2) is 0 Å². The number of piperidine rings is 1. The molecule has 2 saturated heterocycles. The molecule has 0 radical (unpaired) electrons. The van der Waals surface area contributed by atoms with Gasteiger partial charge in [-0.25, -0.2) is 8.42 Å². The molecule has 5 nitrogen and oxygen atoms in total. The summed E-state index contributed by atoms with van der Waals surface area (Å²) in [4.78, 5) is 2.47. The molecule has 2 heterocycles. The largest absolute Gasteiger partial charge is 0.316 e. The minimum absolute atomic E-state index is 0.623. The van der Waals surface area contributed by atoms with Gasteiger partial charge in [-0.3, -0.25) is 4.90 Å². The summed E-state index contributed by atoms with van der Waals surface area (Å²) in [6.45, 7) is 7.49. The normalized spacial score (nSPS) is 33.8. The fourth-order valence-corrected chi connectivity index (χ4v) is 3.74. The summed E-state index contributed by atoms with van der Waals surface area (Å²) in [7, 11) is -3.00. The minimum Gasteiger partial charge on any atom is -0.316 e. The SMILES string of the molecule is CC1CNCCC1N1CCN(S(C)(=O)=O)CC1. The van der Waals surface area contributed by atoms with Gasteiger partial charge in [0.2, 0.25) is 10.0 Å². The van der Waals surface area contributed by atoms with E-state index in [4.69, 9.17) is 0 Å². The maximum absolute atomic E-state index is 11.4. The van der Waals surface area contributed by atoms with E-state index < -0.39 is 10.0 Å². The molecule has 2 aliphatic heterocycles. The molecule has 0 spiro atoms. The Hall–Kier alpha value is -0.170. The van der Waals surface area contributed by atoms with Gasteiger partial charge in [-0.05, 0) is 25.4 Å². The van der Waals surface area contributed by atoms with Crippen molar-refractivity contribution in [3.63, 3.8) is 0 Å². The topological polar surface area (TPSA) is 52.6 Å². The van der Waals surface area contributed by atoms with Gasteiger partial charge < -0.3 is 5.32 Å². The van der Waals surface area contributed by atoms with E-state index in [1.807, 2.05) is 0 Å². The fourth-order valence-electron chi connectivity index (χ4n) is 2.91. The molecule has 2 unspecified atom stereocenters. The zero-order valence-electron chi connectivity index (χ0n) is 10.7. The monoisotopic (exact) mass is 261 g/mol. The molecule has 2 fully saturated rings. The summed E-state index contributed by atoms with van der Waals surface area (Å²) in [5.41, 5.74) is 0. The maximum atomic E-state index is 11.4. The van der Waals surface area contributed by atoms with Crippen LogP contribution in [-0.4, -0.2) is 69.2 Å². The Morgan fingerprint density at radius 2 is 1.82 bits per heavy atom. The molecule has 6 heteroatoms. The highest BCUT2D eigenvalue weighted by atomic mass is 32.2. The van der Waals surface area contributed by atoms with Crippen molar-refractivity contribution >= 4 is 10.0 Å². The standard InChI is InChI=1S/C11H23N3O2S/c1-10-9-12-4-3-11(10)13-5-7-14(8-6-13)17(2,15)16/h10-12H,3-9H2,1-2H3. The van der Waals surface area contributed by atoms with Crippen LogP contribution in [0.3, 0.4) is 0 Å². The fraction of sp³-hybridized carbons (Fsp3) is 1.00. The molecule has 0 aromatic rings. The molecule has 17 heavy (non-hydrogen) atoms. The highest BCUT2D eigenvalue weighted by Crippen LogP contribution is 2.19. The van der Waals surface area contributed by atoms with Crippen LogP contribution in [0.5, 0.6) is 0 Å². The maximum Gasteiger partial charge on any atom is 0.211 e. The second-order valence-corrected chi connectivity index (χ2v) is 7.22. The first-order valence-corrected chi connectivity index (χ1v) is 8.23. The number of nitrogens with zero attached hydrogens (tertiary/aromatic N) is 2. The first-order valence-electron chi connectivity index (χ1n) is 6.38. The Morgan fingerprint density at radius 3 is 2.35 bits per heavy atom. The van der Waals surface area contributed by atoms with Gasteiger partial charge in [0.05, 0.1) is 6.26 Å². The lowest BCUT2D eigenvalue weighted by atomic mass is 9.93. The summed E-state index contributed by atoms with van der Waals surface area (Å²) in [6.07, 6.45) is 2.48. The zero-order valence-corrected chi connectivity index (χ0v) is 11.5. The van der Waals surface area contributed by atoms with E-state index >= 15 is 0 Å². The molecule has 1 N–H and O–H groups in total. The summed E-state index contributed by atoms with van der Waals surface area (Å²) >= 11 is 0. The van der Waals surface area contributed by atoms with Crippen LogP contribution in [0.4, 0.5) is 0 Å². The van der Waals surface area contributed by atoms with Crippen LogP contribution >= 0.6 is 0 Å². The summed E-state index contributed by atoms with van der Waals surface area (Å²) < 4.78 is 24.5. The second kappa shape index (κ2) is 5.22. The molecule has 0 aromatic heterocycles. The number of piperazine rings is 1. The zero-order chi connectivity index (χ0) is 12.5. The Morgan fingerprint density at radius 1 is 1.18 bits per heavy atom. The Labute approximate surface area is 104 Å². The van der Waals surface area contributed by atoms with Crippen LogP contribution in [-0.2, 0) is 10.0 Å². The van der Waals surface area contributed by atoms with Crippen molar-refractivity contribution < 1.29 is 8.42 Å². The van der Waals surface area contributed by atoms with Gasteiger partial charge in [0, 0.05) is 32.2 Å². The highest BCUT2D eigenvalue weighted by Gasteiger charge is 2.31. The van der Waals surface area contributed by atoms with Gasteiger partial charge in [-0.15, -0.1) is 0 Å². The van der Waals surface area contributed by atoms with Gasteiger partial charge in [0.25, 0.3) is 0 Å². The van der Waals surface area contributed by atoms with Crippen molar-refractivity contribution in [3.05, 3.63) is 0 Å². The quantitative estimate of drug-likeness (QED) is 0.732. The number of hydrogen-bond acceptors (Lipinski definition) is 4. The van der Waals surface area contributed by atoms with Gasteiger partial charge in [-0.1, -0.05) is 6.92 Å². The van der Waals surface area contributed by atoms with Crippen LogP contribution < -0.4 is 5.32 Å². The predicted octanol–water partition coefficient (Wildman–Crippen LogP) is -0.438. The Kier molecular flexibility index (Phi) is 4.07. The first kappa shape index (κ1) is 13.3. The van der Waals surface area contributed by atoms with Crippen molar-refractivity contribution in [2.24, 2.45) is 5.92 Å². The average molecular weight is 261 g/mol. The molecule has 2 aliphatic rings. The molecular formula is C11H23N3O2S. The van der Waals surface area contributed by atoms with Crippen LogP contribution in [0.15, 0.2) is 0 Å². The Bertz CT molecular complexity index is 350. The third-order valence-corrected chi connectivity index (χ3v) is 5.25. The lowest BCUT2D eigenvalue weighted by Gasteiger charge is -2.42. The van der Waals surface area contributed by atoms with Crippen LogP contribution in [0, 0.1) is 5.92 Å². The third kappa shape index (κ3) is 3.19. The molecule has 100 valence electrons. The van der Waals surface area contributed by atoms with E-state index in [0.29, 0.717) is 25.0 Å². The van der Waals surface area contributed by atoms with E-state index in [9.17, 15) is 8.42 Å². The van der Waals surface area contributed by atoms with E-state index in [1.54, 1.807) is 4.31 Å². The smallest absolute Gasteiger partial charge is 0.211 e. The van der Waals surface area contributed by atoms with Gasteiger partial charge in [-0.2, -0.15) is 4.31 Å². The lowest BCUT2D eigenvalue weighted by molar-refractivity contribution is 0.0849. The molecule has 0 aliphatic carbocycles. The van der Waals surface area contributed by atoms with E-state index in [2.05, 4.69) is 17.1 Å². The first-order chi connectivity index (χ1) is 7.98. The Balaban J connectivity index is 1.90. The van der Waals surface area contributed by atoms with Crippen molar-refractivity contribution in [1.82, 2.24) is 14.5 Å². The summed E-state index contributed by atoms with van der Waals surface area (Å²) in [5, 5.41) is 3.40. The average Bonchev–Trinajstić information content (AvgIpc) is 2.29. The van der Waals surface area contributed by atoms with E-state index in [1.165, 1.54) is 12.7 Å². The van der Waals surface area contributed by atoms with E-state index in [0.717, 1.165) is 26.2 Å². The molecule has 2 rings (SSSR count).